The van der Waals surface area contributed by atoms with Crippen LogP contribution in [0.2, 0.25) is 0 Å². The fraction of sp³-hybridized carbons (Fsp3) is 0.500. The molecule has 1 N–H and O–H groups in total. The van der Waals surface area contributed by atoms with Crippen LogP contribution >= 0.6 is 35.5 Å². The molecule has 2 aromatic heterocycles. The third kappa shape index (κ3) is 4.93. The van der Waals surface area contributed by atoms with Crippen LogP contribution in [0.5, 0.6) is 0 Å². The minimum Gasteiger partial charge on any atom is -0.313 e. The van der Waals surface area contributed by atoms with E-state index in [4.69, 9.17) is 0 Å². The molecule has 0 aliphatic carbocycles. The van der Waals surface area contributed by atoms with Gasteiger partial charge in [0.25, 0.3) is 0 Å². The predicted octanol–water partition coefficient (Wildman–Crippen LogP) is 1.97. The van der Waals surface area contributed by atoms with Gasteiger partial charge in [0, 0.05) is 19.3 Å². The summed E-state index contributed by atoms with van der Waals surface area (Å²) in [6.07, 6.45) is 1.11. The SMILES string of the molecule is Cl.Cn1nnnc1SCCCNCc1ccsc1. The Labute approximate surface area is 121 Å². The summed E-state index contributed by atoms with van der Waals surface area (Å²) in [5, 5.41) is 19.9. The van der Waals surface area contributed by atoms with Crippen molar-refractivity contribution < 1.29 is 0 Å². The molecule has 0 aromatic carbocycles. The molecule has 0 saturated carbocycles. The highest BCUT2D eigenvalue weighted by Crippen LogP contribution is 2.12. The van der Waals surface area contributed by atoms with Gasteiger partial charge in [-0.2, -0.15) is 11.3 Å². The number of hydrogen-bond acceptors (Lipinski definition) is 6. The molecule has 0 saturated heterocycles. The van der Waals surface area contributed by atoms with Crippen LogP contribution in [0.4, 0.5) is 0 Å². The van der Waals surface area contributed by atoms with E-state index in [-0.39, 0.29) is 12.4 Å². The number of nitrogens with one attached hydrogen (secondary N) is 1. The maximum Gasteiger partial charge on any atom is 0.209 e. The van der Waals surface area contributed by atoms with Gasteiger partial charge in [0.2, 0.25) is 5.16 Å². The van der Waals surface area contributed by atoms with Crippen LogP contribution in [-0.2, 0) is 13.6 Å². The first-order valence-corrected chi connectivity index (χ1v) is 7.36. The van der Waals surface area contributed by atoms with E-state index in [0.29, 0.717) is 0 Å². The van der Waals surface area contributed by atoms with E-state index in [1.807, 2.05) is 7.05 Å². The number of halogens is 1. The Bertz CT molecular complexity index is 431. The largest absolute Gasteiger partial charge is 0.313 e. The van der Waals surface area contributed by atoms with E-state index in [1.165, 1.54) is 5.56 Å². The lowest BCUT2D eigenvalue weighted by molar-refractivity contribution is 0.661. The molecule has 18 heavy (non-hydrogen) atoms. The molecule has 0 radical (unpaired) electrons. The molecule has 0 atom stereocenters. The molecule has 100 valence electrons. The topological polar surface area (TPSA) is 55.6 Å². The van der Waals surface area contributed by atoms with Crippen molar-refractivity contribution in [3.05, 3.63) is 22.4 Å². The molecular weight excluding hydrogens is 290 g/mol. The van der Waals surface area contributed by atoms with E-state index in [0.717, 1.165) is 30.4 Å². The summed E-state index contributed by atoms with van der Waals surface area (Å²) in [5.41, 5.74) is 1.36. The third-order valence-corrected chi connectivity index (χ3v) is 4.05. The second-order valence-corrected chi connectivity index (χ2v) is 5.44. The lowest BCUT2D eigenvalue weighted by Crippen LogP contribution is -2.14. The van der Waals surface area contributed by atoms with Gasteiger partial charge < -0.3 is 5.32 Å². The highest BCUT2D eigenvalue weighted by atomic mass is 35.5. The second-order valence-electron chi connectivity index (χ2n) is 3.60. The fourth-order valence-electron chi connectivity index (χ4n) is 1.33. The quantitative estimate of drug-likeness (QED) is 0.626. The summed E-state index contributed by atoms with van der Waals surface area (Å²) >= 11 is 3.43. The first kappa shape index (κ1) is 15.4. The number of hydrogen-bond donors (Lipinski definition) is 1. The molecule has 0 fully saturated rings. The maximum absolute atomic E-state index is 3.92. The molecule has 0 unspecified atom stereocenters. The van der Waals surface area contributed by atoms with Crippen molar-refractivity contribution in [3.8, 4) is 0 Å². The van der Waals surface area contributed by atoms with Gasteiger partial charge in [0.05, 0.1) is 0 Å². The Balaban J connectivity index is 0.00000162. The molecule has 0 spiro atoms. The van der Waals surface area contributed by atoms with Gasteiger partial charge in [-0.25, -0.2) is 4.68 Å². The average Bonchev–Trinajstić information content (AvgIpc) is 2.95. The van der Waals surface area contributed by atoms with Crippen LogP contribution in [0.3, 0.4) is 0 Å². The summed E-state index contributed by atoms with van der Waals surface area (Å²) in [6, 6.07) is 2.15. The molecule has 0 amide bonds. The van der Waals surface area contributed by atoms with E-state index in [9.17, 15) is 0 Å². The van der Waals surface area contributed by atoms with Crippen LogP contribution in [0.25, 0.3) is 0 Å². The number of tetrazole rings is 1. The smallest absolute Gasteiger partial charge is 0.209 e. The van der Waals surface area contributed by atoms with Gasteiger partial charge in [0.15, 0.2) is 0 Å². The number of thiophene rings is 1. The van der Waals surface area contributed by atoms with Crippen molar-refractivity contribution in [3.63, 3.8) is 0 Å². The zero-order chi connectivity index (χ0) is 11.9. The van der Waals surface area contributed by atoms with E-state index in [1.54, 1.807) is 27.8 Å². The zero-order valence-electron chi connectivity index (χ0n) is 10.1. The maximum atomic E-state index is 3.92. The van der Waals surface area contributed by atoms with Gasteiger partial charge in [-0.05, 0) is 45.8 Å². The summed E-state index contributed by atoms with van der Waals surface area (Å²) in [6.45, 7) is 1.98. The van der Waals surface area contributed by atoms with Crippen molar-refractivity contribution >= 4 is 35.5 Å². The molecule has 0 aliphatic rings. The highest BCUT2D eigenvalue weighted by molar-refractivity contribution is 7.99. The van der Waals surface area contributed by atoms with Gasteiger partial charge in [-0.1, -0.05) is 11.8 Å². The van der Waals surface area contributed by atoms with Gasteiger partial charge in [0.1, 0.15) is 0 Å². The first-order valence-electron chi connectivity index (χ1n) is 5.43. The van der Waals surface area contributed by atoms with Crippen molar-refractivity contribution in [1.82, 2.24) is 25.5 Å². The van der Waals surface area contributed by atoms with E-state index in [2.05, 4.69) is 37.7 Å². The van der Waals surface area contributed by atoms with Crippen LogP contribution in [-0.4, -0.2) is 32.5 Å². The first-order chi connectivity index (χ1) is 8.36. The molecule has 8 heteroatoms. The monoisotopic (exact) mass is 305 g/mol. The van der Waals surface area contributed by atoms with Crippen LogP contribution in [0.1, 0.15) is 12.0 Å². The number of thioether (sulfide) groups is 1. The summed E-state index contributed by atoms with van der Waals surface area (Å²) < 4.78 is 1.70. The van der Waals surface area contributed by atoms with Crippen LogP contribution in [0, 0.1) is 0 Å². The third-order valence-electron chi connectivity index (χ3n) is 2.22. The molecular formula is C10H16ClN5S2. The molecule has 0 aliphatic heterocycles. The molecule has 0 bridgehead atoms. The lowest BCUT2D eigenvalue weighted by Gasteiger charge is -2.02. The Morgan fingerprint density at radius 1 is 1.50 bits per heavy atom. The number of aryl methyl sites for hydroxylation is 1. The van der Waals surface area contributed by atoms with Gasteiger partial charge in [-0.15, -0.1) is 17.5 Å². The Hall–Kier alpha value is -0.630. The lowest BCUT2D eigenvalue weighted by atomic mass is 10.3. The van der Waals surface area contributed by atoms with Gasteiger partial charge in [-0.3, -0.25) is 0 Å². The molecule has 5 nitrogen and oxygen atoms in total. The standard InChI is InChI=1S/C10H15N5S2.ClH/c1-15-10(12-13-14-15)17-5-2-4-11-7-9-3-6-16-8-9;/h3,6,8,11H,2,4-5,7H2,1H3;1H. The minimum absolute atomic E-state index is 0. The van der Waals surface area contributed by atoms with Crippen molar-refractivity contribution in [2.45, 2.75) is 18.1 Å². The summed E-state index contributed by atoms with van der Waals surface area (Å²) in [5.74, 6) is 1.03. The number of aromatic nitrogens is 4. The average molecular weight is 306 g/mol. The predicted molar refractivity (Wildman–Crippen MR) is 77.4 cm³/mol. The second kappa shape index (κ2) is 8.47. The minimum atomic E-state index is 0. The highest BCUT2D eigenvalue weighted by Gasteiger charge is 2.01. The van der Waals surface area contributed by atoms with E-state index >= 15 is 0 Å². The summed E-state index contributed by atoms with van der Waals surface area (Å²) in [7, 11) is 1.86. The molecule has 2 rings (SSSR count). The van der Waals surface area contributed by atoms with Crippen LogP contribution in [0.15, 0.2) is 22.0 Å². The van der Waals surface area contributed by atoms with Crippen LogP contribution < -0.4 is 5.32 Å². The van der Waals surface area contributed by atoms with Gasteiger partial charge >= 0.3 is 0 Å². The number of nitrogens with zero attached hydrogens (tertiary/aromatic N) is 4. The Morgan fingerprint density at radius 2 is 2.39 bits per heavy atom. The Kier molecular flexibility index (Phi) is 7.26. The van der Waals surface area contributed by atoms with Crippen molar-refractivity contribution in [1.29, 1.82) is 0 Å². The molecule has 2 heterocycles. The molecule has 2 aromatic rings. The normalized spacial score (nSPS) is 10.3. The fourth-order valence-corrected chi connectivity index (χ4v) is 2.79. The Morgan fingerprint density at radius 3 is 3.06 bits per heavy atom. The summed E-state index contributed by atoms with van der Waals surface area (Å²) in [4.78, 5) is 0. The van der Waals surface area contributed by atoms with Crippen molar-refractivity contribution in [2.24, 2.45) is 7.05 Å². The van der Waals surface area contributed by atoms with E-state index < -0.39 is 0 Å². The zero-order valence-corrected chi connectivity index (χ0v) is 12.5. The van der Waals surface area contributed by atoms with Crippen molar-refractivity contribution in [2.75, 3.05) is 12.3 Å². The number of rotatable bonds is 7.